The first-order valence-electron chi connectivity index (χ1n) is 12.7. The van der Waals surface area contributed by atoms with E-state index in [2.05, 4.69) is 20.1 Å². The minimum Gasteiger partial charge on any atom is -0.493 e. The van der Waals surface area contributed by atoms with Crippen molar-refractivity contribution in [2.45, 2.75) is 12.5 Å². The maximum atomic E-state index is 13.6. The fraction of sp³-hybridized carbons (Fsp3) is 0.167. The molecule has 208 valence electrons. The van der Waals surface area contributed by atoms with Gasteiger partial charge >= 0.3 is 0 Å². The highest BCUT2D eigenvalue weighted by atomic mass is 16.5. The zero-order chi connectivity index (χ0) is 28.9. The van der Waals surface area contributed by atoms with E-state index in [0.29, 0.717) is 34.9 Å². The monoisotopic (exact) mass is 551 g/mol. The van der Waals surface area contributed by atoms with Gasteiger partial charge in [-0.2, -0.15) is 10.1 Å². The van der Waals surface area contributed by atoms with Crippen molar-refractivity contribution >= 4 is 23.8 Å². The van der Waals surface area contributed by atoms with Crippen LogP contribution in [0.1, 0.15) is 44.2 Å². The molecule has 2 aromatic carbocycles. The standard InChI is InChI=1S/C30H29N7O4/c1-39-25-14-18(12-21-16-34-30(32)36-29(21)31)13-23(28(25)41-3)24(38)10-11-37-27(20-8-9-26(40-2)33-15-20)22-7-5-4-6-19(22)17-35-37/h4-11,13-17,27H,12H2,1-3H3,(H4,31,32,34,36)/b11-10+. The van der Waals surface area contributed by atoms with Crippen LogP contribution in [0.25, 0.3) is 0 Å². The molecule has 1 unspecified atom stereocenters. The van der Waals surface area contributed by atoms with Crippen molar-refractivity contribution in [3.63, 3.8) is 0 Å². The van der Waals surface area contributed by atoms with Gasteiger partial charge in [-0.1, -0.05) is 24.3 Å². The predicted molar refractivity (Wildman–Crippen MR) is 155 cm³/mol. The topological polar surface area (TPSA) is 151 Å². The largest absolute Gasteiger partial charge is 0.493 e. The molecule has 41 heavy (non-hydrogen) atoms. The molecule has 11 nitrogen and oxygen atoms in total. The van der Waals surface area contributed by atoms with E-state index in [4.69, 9.17) is 25.7 Å². The van der Waals surface area contributed by atoms with Gasteiger partial charge in [0.15, 0.2) is 17.3 Å². The molecule has 5 rings (SSSR count). The number of aromatic nitrogens is 3. The molecular formula is C30H29N7O4. The maximum Gasteiger partial charge on any atom is 0.221 e. The Labute approximate surface area is 237 Å². The molecule has 0 bridgehead atoms. The highest BCUT2D eigenvalue weighted by Gasteiger charge is 2.26. The number of benzene rings is 2. The highest BCUT2D eigenvalue weighted by Crippen LogP contribution is 2.36. The molecule has 3 heterocycles. The van der Waals surface area contributed by atoms with Gasteiger partial charge in [-0.3, -0.25) is 9.80 Å². The molecule has 0 radical (unpaired) electrons. The van der Waals surface area contributed by atoms with Gasteiger partial charge in [0.1, 0.15) is 11.9 Å². The van der Waals surface area contributed by atoms with E-state index in [1.807, 2.05) is 30.3 Å². The first-order valence-corrected chi connectivity index (χ1v) is 12.7. The molecule has 0 saturated carbocycles. The summed E-state index contributed by atoms with van der Waals surface area (Å²) in [6.07, 6.45) is 8.53. The van der Waals surface area contributed by atoms with Crippen molar-refractivity contribution in [1.82, 2.24) is 20.0 Å². The van der Waals surface area contributed by atoms with Crippen LogP contribution in [0, 0.1) is 0 Å². The number of carbonyl (C=O) groups is 1. The van der Waals surface area contributed by atoms with Crippen LogP contribution < -0.4 is 25.7 Å². The molecule has 1 aliphatic heterocycles. The van der Waals surface area contributed by atoms with E-state index in [1.54, 1.807) is 55.1 Å². The Morgan fingerprint density at radius 2 is 1.83 bits per heavy atom. The number of fused-ring (bicyclic) bond motifs is 1. The lowest BCUT2D eigenvalue weighted by atomic mass is 9.94. The Balaban J connectivity index is 1.49. The van der Waals surface area contributed by atoms with Gasteiger partial charge < -0.3 is 25.7 Å². The smallest absolute Gasteiger partial charge is 0.221 e. The number of nitrogens with zero attached hydrogens (tertiary/aromatic N) is 5. The molecular weight excluding hydrogens is 522 g/mol. The third-order valence-electron chi connectivity index (χ3n) is 6.66. The van der Waals surface area contributed by atoms with E-state index < -0.39 is 0 Å². The van der Waals surface area contributed by atoms with Crippen LogP contribution in [0.15, 0.2) is 78.3 Å². The molecule has 0 amide bonds. The SMILES string of the molecule is COc1ccc(C2c3ccccc3C=NN2/C=C/C(=O)c2cc(Cc3cnc(N)nc3N)cc(OC)c2OC)cn1. The van der Waals surface area contributed by atoms with Crippen molar-refractivity contribution in [2.24, 2.45) is 5.10 Å². The van der Waals surface area contributed by atoms with Crippen LogP contribution in [0.3, 0.4) is 0 Å². The van der Waals surface area contributed by atoms with Crippen molar-refractivity contribution < 1.29 is 19.0 Å². The number of anilines is 2. The molecule has 0 spiro atoms. The number of allylic oxidation sites excluding steroid dienone is 1. The van der Waals surface area contributed by atoms with E-state index in [9.17, 15) is 4.79 Å². The zero-order valence-electron chi connectivity index (χ0n) is 22.8. The van der Waals surface area contributed by atoms with Gasteiger partial charge in [-0.25, -0.2) is 9.97 Å². The van der Waals surface area contributed by atoms with Crippen LogP contribution in [0.5, 0.6) is 17.4 Å². The van der Waals surface area contributed by atoms with E-state index in [0.717, 1.165) is 22.3 Å². The Kier molecular flexibility index (Phi) is 7.77. The fourth-order valence-corrected chi connectivity index (χ4v) is 4.68. The number of rotatable bonds is 9. The van der Waals surface area contributed by atoms with E-state index >= 15 is 0 Å². The average molecular weight is 552 g/mol. The van der Waals surface area contributed by atoms with Gasteiger partial charge in [0.05, 0.1) is 33.1 Å². The van der Waals surface area contributed by atoms with Gasteiger partial charge in [0, 0.05) is 48.3 Å². The summed E-state index contributed by atoms with van der Waals surface area (Å²) in [6, 6.07) is 14.9. The summed E-state index contributed by atoms with van der Waals surface area (Å²) in [6.45, 7) is 0. The average Bonchev–Trinajstić information content (AvgIpc) is 3.00. The molecule has 1 aliphatic rings. The lowest BCUT2D eigenvalue weighted by Gasteiger charge is -2.31. The Hall–Kier alpha value is -5.45. The van der Waals surface area contributed by atoms with Gasteiger partial charge in [0.25, 0.3) is 0 Å². The summed E-state index contributed by atoms with van der Waals surface area (Å²) in [5.41, 5.74) is 16.3. The summed E-state index contributed by atoms with van der Waals surface area (Å²) in [5.74, 6) is 1.28. The number of pyridine rings is 1. The third-order valence-corrected chi connectivity index (χ3v) is 6.66. The number of methoxy groups -OCH3 is 3. The molecule has 11 heteroatoms. The van der Waals surface area contributed by atoms with Crippen LogP contribution in [-0.2, 0) is 6.42 Å². The first kappa shape index (κ1) is 27.1. The minimum atomic E-state index is -0.310. The Morgan fingerprint density at radius 3 is 2.54 bits per heavy atom. The molecule has 2 aromatic heterocycles. The number of carbonyl (C=O) groups excluding carboxylic acids is 1. The van der Waals surface area contributed by atoms with Crippen LogP contribution in [-0.4, -0.2) is 53.3 Å². The zero-order valence-corrected chi connectivity index (χ0v) is 22.8. The lowest BCUT2D eigenvalue weighted by molar-refractivity contribution is 0.104. The third kappa shape index (κ3) is 5.64. The van der Waals surface area contributed by atoms with E-state index in [1.165, 1.54) is 20.3 Å². The Morgan fingerprint density at radius 1 is 1.00 bits per heavy atom. The number of hydrogen-bond donors (Lipinski definition) is 2. The van der Waals surface area contributed by atoms with Crippen molar-refractivity contribution in [2.75, 3.05) is 32.8 Å². The summed E-state index contributed by atoms with van der Waals surface area (Å²) < 4.78 is 16.3. The number of ether oxygens (including phenoxy) is 3. The van der Waals surface area contributed by atoms with Crippen molar-refractivity contribution in [3.8, 4) is 17.4 Å². The van der Waals surface area contributed by atoms with Crippen LogP contribution >= 0.6 is 0 Å². The normalized spacial score (nSPS) is 14.1. The van der Waals surface area contributed by atoms with Gasteiger partial charge in [-0.05, 0) is 34.9 Å². The minimum absolute atomic E-state index is 0.0892. The molecule has 4 aromatic rings. The Bertz CT molecular complexity index is 1640. The maximum absolute atomic E-state index is 13.6. The quantitative estimate of drug-likeness (QED) is 0.232. The van der Waals surface area contributed by atoms with E-state index in [-0.39, 0.29) is 23.6 Å². The summed E-state index contributed by atoms with van der Waals surface area (Å²) in [7, 11) is 4.57. The summed E-state index contributed by atoms with van der Waals surface area (Å²) in [4.78, 5) is 26.1. The summed E-state index contributed by atoms with van der Waals surface area (Å²) in [5, 5.41) is 6.35. The number of nitrogens with two attached hydrogens (primary N) is 2. The van der Waals surface area contributed by atoms with Crippen molar-refractivity contribution in [3.05, 3.63) is 107 Å². The molecule has 0 fully saturated rings. The lowest BCUT2D eigenvalue weighted by Crippen LogP contribution is -2.25. The predicted octanol–water partition coefficient (Wildman–Crippen LogP) is 3.79. The number of hydrogen-bond acceptors (Lipinski definition) is 11. The van der Waals surface area contributed by atoms with Crippen LogP contribution in [0.2, 0.25) is 0 Å². The number of hydrazone groups is 1. The fourth-order valence-electron chi connectivity index (χ4n) is 4.68. The number of nitrogen functional groups attached to an aromatic ring is 2. The molecule has 4 N–H and O–H groups in total. The summed E-state index contributed by atoms with van der Waals surface area (Å²) >= 11 is 0. The molecule has 0 saturated heterocycles. The van der Waals surface area contributed by atoms with Crippen molar-refractivity contribution in [1.29, 1.82) is 0 Å². The number of ketones is 1. The first-order chi connectivity index (χ1) is 19.9. The highest BCUT2D eigenvalue weighted by molar-refractivity contribution is 6.07. The van der Waals surface area contributed by atoms with Gasteiger partial charge in [-0.15, -0.1) is 0 Å². The van der Waals surface area contributed by atoms with Gasteiger partial charge in [0.2, 0.25) is 11.8 Å². The second-order valence-electron chi connectivity index (χ2n) is 9.16. The molecule has 0 aliphatic carbocycles. The second kappa shape index (κ2) is 11.7. The molecule has 1 atom stereocenters. The van der Waals surface area contributed by atoms with Crippen LogP contribution in [0.4, 0.5) is 11.8 Å². The second-order valence-corrected chi connectivity index (χ2v) is 9.16.